The van der Waals surface area contributed by atoms with E-state index in [4.69, 9.17) is 19.6 Å². The van der Waals surface area contributed by atoms with Crippen molar-refractivity contribution in [1.82, 2.24) is 25.2 Å². The highest BCUT2D eigenvalue weighted by Crippen LogP contribution is 2.46. The second-order valence-electron chi connectivity index (χ2n) is 15.7. The third-order valence-electron chi connectivity index (χ3n) is 10.4. The summed E-state index contributed by atoms with van der Waals surface area (Å²) in [7, 11) is -2.37. The molecular weight excluding hydrogens is 743 g/mol. The lowest BCUT2D eigenvalue weighted by Gasteiger charge is -2.35. The van der Waals surface area contributed by atoms with Crippen molar-refractivity contribution in [2.75, 3.05) is 13.7 Å². The van der Waals surface area contributed by atoms with Gasteiger partial charge in [-0.1, -0.05) is 57.2 Å². The molecule has 5 atom stereocenters. The monoisotopic (exact) mass is 789 g/mol. The van der Waals surface area contributed by atoms with Crippen molar-refractivity contribution in [1.29, 1.82) is 0 Å². The summed E-state index contributed by atoms with van der Waals surface area (Å²) in [5, 5.41) is 14.6. The standard InChI is InChI=1S/C40H47N5O10S/c1-6-25-21-40(25,38(51)44-56(52,53)27-13-14-27)43-36(49)24-18-33(45(22-24)37(50)35(39(2,3)4)42-32(46)16-17-34(47)48)55-31-20-29(23-10-8-7-9-11-23)41-30-19-26(54-5)12-15-28(30)31/h6-12,15,19-20,24-25,27,33,35H,1,13-14,16-18,21-22H2,2-5H3,(H,42,46)(H,43,49)(H,44,51)(H,47,48)/t24-,25-,33+,35-,40-/m1/s1. The molecule has 1 aromatic heterocycles. The Bertz CT molecular complexity index is 2170. The summed E-state index contributed by atoms with van der Waals surface area (Å²) in [6, 6.07) is 15.3. The van der Waals surface area contributed by atoms with Crippen LogP contribution < -0.4 is 24.8 Å². The number of benzene rings is 2. The summed E-state index contributed by atoms with van der Waals surface area (Å²) in [4.78, 5) is 72.5. The maximum absolute atomic E-state index is 14.6. The van der Waals surface area contributed by atoms with E-state index in [1.54, 1.807) is 45.0 Å². The summed E-state index contributed by atoms with van der Waals surface area (Å²) in [5.41, 5.74) is -0.484. The van der Waals surface area contributed by atoms with Gasteiger partial charge in [0.25, 0.3) is 5.91 Å². The number of carbonyl (C=O) groups excluding carboxylic acids is 4. The Labute approximate surface area is 325 Å². The molecule has 3 aliphatic rings. The number of aliphatic carboxylic acids is 1. The number of fused-ring (bicyclic) bond motifs is 1. The van der Waals surface area contributed by atoms with Crippen molar-refractivity contribution >= 4 is 50.5 Å². The van der Waals surface area contributed by atoms with Gasteiger partial charge >= 0.3 is 5.97 Å². The number of aromatic nitrogens is 1. The molecule has 2 aromatic carbocycles. The van der Waals surface area contributed by atoms with Crippen LogP contribution in [-0.4, -0.2) is 89.7 Å². The number of methoxy groups -OCH3 is 1. The summed E-state index contributed by atoms with van der Waals surface area (Å²) in [5.74, 6) is -4.33. The summed E-state index contributed by atoms with van der Waals surface area (Å²) in [6.45, 7) is 8.84. The molecule has 298 valence electrons. The van der Waals surface area contributed by atoms with Crippen LogP contribution in [0.5, 0.6) is 11.5 Å². The number of ether oxygens (including phenoxy) is 2. The van der Waals surface area contributed by atoms with Crippen LogP contribution in [0.3, 0.4) is 0 Å². The van der Waals surface area contributed by atoms with Crippen LogP contribution in [0.1, 0.15) is 59.3 Å². The quantitative estimate of drug-likeness (QED) is 0.164. The highest BCUT2D eigenvalue weighted by molar-refractivity contribution is 7.91. The van der Waals surface area contributed by atoms with Gasteiger partial charge in [0.05, 0.1) is 35.9 Å². The molecule has 4 amide bonds. The first-order chi connectivity index (χ1) is 26.4. The first-order valence-electron chi connectivity index (χ1n) is 18.5. The number of pyridine rings is 1. The lowest BCUT2D eigenvalue weighted by Crippen LogP contribution is -2.56. The van der Waals surface area contributed by atoms with E-state index in [-0.39, 0.29) is 25.8 Å². The van der Waals surface area contributed by atoms with E-state index in [1.807, 2.05) is 30.3 Å². The fourth-order valence-electron chi connectivity index (χ4n) is 6.94. The minimum Gasteiger partial charge on any atom is -0.497 e. The van der Waals surface area contributed by atoms with E-state index >= 15 is 0 Å². The number of likely N-dealkylation sites (tertiary alicyclic amines) is 1. The first kappa shape index (κ1) is 40.2. The number of hydrogen-bond acceptors (Lipinski definition) is 10. The SMILES string of the molecule is C=C[C@@H]1C[C@]1(NC(=O)[C@@H]1C[C@H](Oc2cc(-c3ccccc3)nc3cc(OC)ccc23)N(C(=O)[C@@H](NC(=O)CCC(=O)O)C(C)(C)C)C1)C(=O)NS(=O)(=O)C1CC1. The van der Waals surface area contributed by atoms with Crippen molar-refractivity contribution in [2.24, 2.45) is 17.3 Å². The second kappa shape index (κ2) is 15.6. The van der Waals surface area contributed by atoms with E-state index in [9.17, 15) is 32.4 Å². The number of hydrogen-bond donors (Lipinski definition) is 4. The van der Waals surface area contributed by atoms with Gasteiger partial charge in [-0.25, -0.2) is 13.4 Å². The molecule has 1 saturated heterocycles. The molecule has 2 heterocycles. The van der Waals surface area contributed by atoms with E-state index in [2.05, 4.69) is 21.9 Å². The molecule has 0 bridgehead atoms. The molecule has 0 unspecified atom stereocenters. The number of nitrogens with zero attached hydrogens (tertiary/aromatic N) is 2. The molecule has 2 aliphatic carbocycles. The Kier molecular flexibility index (Phi) is 11.2. The zero-order valence-corrected chi connectivity index (χ0v) is 32.6. The maximum atomic E-state index is 14.6. The molecule has 15 nitrogen and oxygen atoms in total. The van der Waals surface area contributed by atoms with Crippen LogP contribution in [-0.2, 0) is 34.0 Å². The number of carboxylic acids is 1. The van der Waals surface area contributed by atoms with E-state index in [1.165, 1.54) is 18.1 Å². The van der Waals surface area contributed by atoms with Gasteiger partial charge in [0.2, 0.25) is 27.7 Å². The van der Waals surface area contributed by atoms with Crippen LogP contribution >= 0.6 is 0 Å². The summed E-state index contributed by atoms with van der Waals surface area (Å²) >= 11 is 0. The lowest BCUT2D eigenvalue weighted by atomic mass is 9.85. The highest BCUT2D eigenvalue weighted by atomic mass is 32.2. The number of carboxylic acid groups (broad SMARTS) is 1. The third kappa shape index (κ3) is 8.64. The van der Waals surface area contributed by atoms with Gasteiger partial charge < -0.3 is 30.1 Å². The highest BCUT2D eigenvalue weighted by Gasteiger charge is 2.61. The molecule has 1 aliphatic heterocycles. The van der Waals surface area contributed by atoms with Gasteiger partial charge in [0, 0.05) is 48.4 Å². The smallest absolute Gasteiger partial charge is 0.303 e. The number of carbonyl (C=O) groups is 5. The molecule has 6 rings (SSSR count). The van der Waals surface area contributed by atoms with Crippen LogP contribution in [0.15, 0.2) is 67.3 Å². The second-order valence-corrected chi connectivity index (χ2v) is 17.7. The van der Waals surface area contributed by atoms with Crippen LogP contribution in [0.25, 0.3) is 22.2 Å². The predicted molar refractivity (Wildman–Crippen MR) is 205 cm³/mol. The van der Waals surface area contributed by atoms with Crippen LogP contribution in [0.2, 0.25) is 0 Å². The minimum absolute atomic E-state index is 0.0289. The van der Waals surface area contributed by atoms with Gasteiger partial charge in [-0.2, -0.15) is 0 Å². The van der Waals surface area contributed by atoms with Crippen molar-refractivity contribution in [2.45, 2.75) is 82.4 Å². The number of nitrogens with one attached hydrogen (secondary N) is 3. The third-order valence-corrected chi connectivity index (χ3v) is 12.3. The van der Waals surface area contributed by atoms with Gasteiger partial charge in [-0.3, -0.25) is 28.7 Å². The number of rotatable bonds is 15. The predicted octanol–water partition coefficient (Wildman–Crippen LogP) is 3.53. The number of amides is 4. The molecule has 56 heavy (non-hydrogen) atoms. The molecule has 4 N–H and O–H groups in total. The Balaban J connectivity index is 1.34. The average Bonchev–Trinajstić information content (AvgIpc) is 4.09. The maximum Gasteiger partial charge on any atom is 0.303 e. The summed E-state index contributed by atoms with van der Waals surface area (Å²) < 4.78 is 39.7. The van der Waals surface area contributed by atoms with E-state index in [0.717, 1.165) is 5.56 Å². The topological polar surface area (TPSA) is 210 Å². The van der Waals surface area contributed by atoms with Crippen molar-refractivity contribution in [3.8, 4) is 22.8 Å². The zero-order valence-electron chi connectivity index (χ0n) is 31.7. The lowest BCUT2D eigenvalue weighted by molar-refractivity contribution is -0.144. The largest absolute Gasteiger partial charge is 0.497 e. The normalized spacial score (nSPS) is 22.4. The Morgan fingerprint density at radius 2 is 1.79 bits per heavy atom. The van der Waals surface area contributed by atoms with Gasteiger partial charge in [-0.15, -0.1) is 6.58 Å². The summed E-state index contributed by atoms with van der Waals surface area (Å²) in [6.07, 6.45) is 0.665. The molecule has 3 fully saturated rings. The van der Waals surface area contributed by atoms with Crippen molar-refractivity contribution in [3.05, 3.63) is 67.3 Å². The van der Waals surface area contributed by atoms with Gasteiger partial charge in [-0.05, 0) is 36.8 Å². The molecule has 0 spiro atoms. The van der Waals surface area contributed by atoms with E-state index < -0.39 is 86.4 Å². The Hall–Kier alpha value is -5.51. The average molecular weight is 790 g/mol. The van der Waals surface area contributed by atoms with Crippen LogP contribution in [0, 0.1) is 17.3 Å². The van der Waals surface area contributed by atoms with Gasteiger partial charge in [0.1, 0.15) is 23.1 Å². The Morgan fingerprint density at radius 1 is 1.07 bits per heavy atom. The van der Waals surface area contributed by atoms with E-state index in [0.29, 0.717) is 40.9 Å². The zero-order chi connectivity index (χ0) is 40.6. The first-order valence-corrected chi connectivity index (χ1v) is 20.0. The number of sulfonamides is 1. The molecule has 16 heteroatoms. The van der Waals surface area contributed by atoms with Crippen LogP contribution in [0.4, 0.5) is 0 Å². The Morgan fingerprint density at radius 3 is 2.39 bits per heavy atom. The van der Waals surface area contributed by atoms with Gasteiger partial charge in [0.15, 0.2) is 6.23 Å². The molecule has 3 aromatic rings. The fourth-order valence-corrected chi connectivity index (χ4v) is 8.31. The fraction of sp³-hybridized carbons (Fsp3) is 0.450. The van der Waals surface area contributed by atoms with Crippen molar-refractivity contribution in [3.63, 3.8) is 0 Å². The molecule has 2 saturated carbocycles. The van der Waals surface area contributed by atoms with Crippen molar-refractivity contribution < 1.29 is 47.0 Å². The minimum atomic E-state index is -3.91. The molecule has 0 radical (unpaired) electrons. The molecular formula is C40H47N5O10S.